The Morgan fingerprint density at radius 2 is 2.24 bits per heavy atom. The van der Waals surface area contributed by atoms with Crippen molar-refractivity contribution >= 4 is 16.9 Å². The van der Waals surface area contributed by atoms with Crippen LogP contribution in [-0.4, -0.2) is 33.8 Å². The molecule has 7 heteroatoms. The molecule has 1 N–H and O–H groups in total. The minimum Gasteiger partial charge on any atom is -0.495 e. The Balaban J connectivity index is 1.55. The van der Waals surface area contributed by atoms with Gasteiger partial charge in [0, 0.05) is 25.2 Å². The van der Waals surface area contributed by atoms with Gasteiger partial charge in [0.25, 0.3) is 5.91 Å². The fourth-order valence-electron chi connectivity index (χ4n) is 3.16. The summed E-state index contributed by atoms with van der Waals surface area (Å²) in [6.45, 7) is 0. The van der Waals surface area contributed by atoms with Crippen LogP contribution in [0, 0.1) is 5.82 Å². The molecule has 3 aromatic rings. The third-order valence-electron chi connectivity index (χ3n) is 4.55. The largest absolute Gasteiger partial charge is 0.495 e. The topological polar surface area (TPSA) is 69.0 Å². The number of amides is 1. The van der Waals surface area contributed by atoms with Crippen molar-refractivity contribution in [3.63, 3.8) is 0 Å². The van der Waals surface area contributed by atoms with Crippen molar-refractivity contribution in [3.8, 4) is 5.75 Å². The SMILES string of the molecule is COc1c(C(=O)N[C@@H]2C[C@H]2c2cccc(F)c2)cnc2c1cnn2C. The lowest BCUT2D eigenvalue weighted by Gasteiger charge is -2.10. The number of ether oxygens (including phenoxy) is 1. The number of aryl methyl sites for hydroxylation is 1. The van der Waals surface area contributed by atoms with E-state index in [1.807, 2.05) is 6.07 Å². The number of carbonyl (C=O) groups is 1. The van der Waals surface area contributed by atoms with Gasteiger partial charge in [0.15, 0.2) is 5.65 Å². The summed E-state index contributed by atoms with van der Waals surface area (Å²) in [6.07, 6.45) is 3.92. The summed E-state index contributed by atoms with van der Waals surface area (Å²) in [7, 11) is 3.30. The Kier molecular flexibility index (Phi) is 3.63. The van der Waals surface area contributed by atoms with E-state index in [1.165, 1.54) is 25.4 Å². The molecule has 4 rings (SSSR count). The fourth-order valence-corrected chi connectivity index (χ4v) is 3.16. The molecule has 0 unspecified atom stereocenters. The first-order chi connectivity index (χ1) is 12.1. The maximum absolute atomic E-state index is 13.3. The van der Waals surface area contributed by atoms with Gasteiger partial charge in [-0.2, -0.15) is 5.10 Å². The zero-order chi connectivity index (χ0) is 17.6. The molecule has 1 aromatic carbocycles. The minimum absolute atomic E-state index is 0.0106. The minimum atomic E-state index is -0.262. The zero-order valence-electron chi connectivity index (χ0n) is 13.9. The number of carbonyl (C=O) groups excluding carboxylic acids is 1. The molecule has 0 spiro atoms. The normalized spacial score (nSPS) is 19.0. The number of hydrogen-bond donors (Lipinski definition) is 1. The van der Waals surface area contributed by atoms with E-state index in [0.29, 0.717) is 22.3 Å². The first-order valence-corrected chi connectivity index (χ1v) is 7.99. The molecule has 2 atom stereocenters. The van der Waals surface area contributed by atoms with Crippen molar-refractivity contribution in [2.24, 2.45) is 7.05 Å². The number of halogens is 1. The van der Waals surface area contributed by atoms with E-state index >= 15 is 0 Å². The van der Waals surface area contributed by atoms with Gasteiger partial charge in [0.2, 0.25) is 0 Å². The van der Waals surface area contributed by atoms with Crippen LogP contribution in [0.3, 0.4) is 0 Å². The van der Waals surface area contributed by atoms with Crippen molar-refractivity contribution < 1.29 is 13.9 Å². The van der Waals surface area contributed by atoms with Gasteiger partial charge >= 0.3 is 0 Å². The predicted molar refractivity (Wildman–Crippen MR) is 90.1 cm³/mol. The van der Waals surface area contributed by atoms with Crippen molar-refractivity contribution in [1.82, 2.24) is 20.1 Å². The Morgan fingerprint density at radius 1 is 1.40 bits per heavy atom. The van der Waals surface area contributed by atoms with Gasteiger partial charge in [0.1, 0.15) is 17.1 Å². The van der Waals surface area contributed by atoms with Crippen LogP contribution in [0.1, 0.15) is 28.3 Å². The maximum Gasteiger partial charge on any atom is 0.256 e. The first-order valence-electron chi connectivity index (χ1n) is 7.99. The van der Waals surface area contributed by atoms with Crippen molar-refractivity contribution in [2.45, 2.75) is 18.4 Å². The quantitative estimate of drug-likeness (QED) is 0.792. The third kappa shape index (κ3) is 2.71. The van der Waals surface area contributed by atoms with Crippen LogP contribution in [0.25, 0.3) is 11.0 Å². The molecular formula is C18H17FN4O2. The Hall–Kier alpha value is -2.96. The Bertz CT molecular complexity index is 969. The lowest BCUT2D eigenvalue weighted by atomic mass is 10.1. The molecule has 2 aromatic heterocycles. The van der Waals surface area contributed by atoms with Crippen molar-refractivity contribution in [1.29, 1.82) is 0 Å². The molecule has 0 radical (unpaired) electrons. The number of fused-ring (bicyclic) bond motifs is 1. The molecule has 1 saturated carbocycles. The number of methoxy groups -OCH3 is 1. The average molecular weight is 340 g/mol. The summed E-state index contributed by atoms with van der Waals surface area (Å²) >= 11 is 0. The predicted octanol–water partition coefficient (Wildman–Crippen LogP) is 2.40. The van der Waals surface area contributed by atoms with Crippen molar-refractivity contribution in [3.05, 3.63) is 53.6 Å². The molecule has 1 amide bonds. The molecule has 6 nitrogen and oxygen atoms in total. The first kappa shape index (κ1) is 15.6. The second kappa shape index (κ2) is 5.84. The van der Waals surface area contributed by atoms with E-state index in [1.54, 1.807) is 24.0 Å². The summed E-state index contributed by atoms with van der Waals surface area (Å²) in [5, 5.41) is 7.81. The number of nitrogens with one attached hydrogen (secondary N) is 1. The van der Waals surface area contributed by atoms with E-state index in [-0.39, 0.29) is 23.7 Å². The Morgan fingerprint density at radius 3 is 3.00 bits per heavy atom. The average Bonchev–Trinajstić information content (AvgIpc) is 3.27. The van der Waals surface area contributed by atoms with Crippen LogP contribution in [0.5, 0.6) is 5.75 Å². The summed E-state index contributed by atoms with van der Waals surface area (Å²) in [5.41, 5.74) is 1.92. The highest BCUT2D eigenvalue weighted by molar-refractivity contribution is 6.02. The lowest BCUT2D eigenvalue weighted by Crippen LogP contribution is -2.27. The van der Waals surface area contributed by atoms with E-state index in [9.17, 15) is 9.18 Å². The smallest absolute Gasteiger partial charge is 0.256 e. The lowest BCUT2D eigenvalue weighted by molar-refractivity contribution is 0.0947. The number of nitrogens with zero attached hydrogens (tertiary/aromatic N) is 3. The van der Waals surface area contributed by atoms with E-state index in [2.05, 4.69) is 15.4 Å². The highest BCUT2D eigenvalue weighted by Crippen LogP contribution is 2.41. The van der Waals surface area contributed by atoms with Crippen LogP contribution in [0.15, 0.2) is 36.7 Å². The molecule has 128 valence electrons. The maximum atomic E-state index is 13.3. The molecular weight excluding hydrogens is 323 g/mol. The summed E-state index contributed by atoms with van der Waals surface area (Å²) in [4.78, 5) is 16.9. The van der Waals surface area contributed by atoms with Gasteiger partial charge in [-0.05, 0) is 24.1 Å². The van der Waals surface area contributed by atoms with Crippen LogP contribution < -0.4 is 10.1 Å². The van der Waals surface area contributed by atoms with Gasteiger partial charge < -0.3 is 10.1 Å². The number of aromatic nitrogens is 3. The van der Waals surface area contributed by atoms with E-state index in [0.717, 1.165) is 12.0 Å². The third-order valence-corrected chi connectivity index (χ3v) is 4.55. The summed E-state index contributed by atoms with van der Waals surface area (Å²) in [6, 6.07) is 6.48. The van der Waals surface area contributed by atoms with Gasteiger partial charge in [-0.3, -0.25) is 9.48 Å². The molecule has 1 aliphatic carbocycles. The summed E-state index contributed by atoms with van der Waals surface area (Å²) in [5.74, 6) is 0.0839. The highest BCUT2D eigenvalue weighted by atomic mass is 19.1. The molecule has 25 heavy (non-hydrogen) atoms. The molecule has 1 fully saturated rings. The van der Waals surface area contributed by atoms with Gasteiger partial charge in [-0.15, -0.1) is 0 Å². The number of hydrogen-bond acceptors (Lipinski definition) is 4. The van der Waals surface area contributed by atoms with Gasteiger partial charge in [-0.25, -0.2) is 9.37 Å². The van der Waals surface area contributed by atoms with Crippen LogP contribution >= 0.6 is 0 Å². The number of rotatable bonds is 4. The highest BCUT2D eigenvalue weighted by Gasteiger charge is 2.40. The van der Waals surface area contributed by atoms with Gasteiger partial charge in [-0.1, -0.05) is 12.1 Å². The molecule has 2 heterocycles. The Labute approximate surface area is 143 Å². The molecule has 0 aliphatic heterocycles. The van der Waals surface area contributed by atoms with Gasteiger partial charge in [0.05, 0.1) is 18.7 Å². The monoisotopic (exact) mass is 340 g/mol. The fraction of sp³-hybridized carbons (Fsp3) is 0.278. The van der Waals surface area contributed by atoms with Crippen LogP contribution in [0.2, 0.25) is 0 Å². The standard InChI is InChI=1S/C18H17FN4O2/c1-23-17-13(9-21-23)16(25-2)14(8-20-17)18(24)22-15-7-12(15)10-4-3-5-11(19)6-10/h3-6,8-9,12,15H,7H2,1-2H3,(H,22,24)/t12-,15+/m0/s1. The molecule has 1 aliphatic rings. The van der Waals surface area contributed by atoms with E-state index in [4.69, 9.17) is 4.74 Å². The second-order valence-corrected chi connectivity index (χ2v) is 6.19. The van der Waals surface area contributed by atoms with E-state index < -0.39 is 0 Å². The summed E-state index contributed by atoms with van der Waals surface area (Å²) < 4.78 is 20.4. The zero-order valence-corrected chi connectivity index (χ0v) is 13.9. The molecule has 0 saturated heterocycles. The van der Waals surface area contributed by atoms with Crippen LogP contribution in [-0.2, 0) is 7.05 Å². The number of benzene rings is 1. The van der Waals surface area contributed by atoms with Crippen LogP contribution in [0.4, 0.5) is 4.39 Å². The van der Waals surface area contributed by atoms with Crippen molar-refractivity contribution in [2.75, 3.05) is 7.11 Å². The second-order valence-electron chi connectivity index (χ2n) is 6.19. The molecule has 0 bridgehead atoms. The number of pyridine rings is 1.